The van der Waals surface area contributed by atoms with Gasteiger partial charge in [0.1, 0.15) is 6.10 Å². The van der Waals surface area contributed by atoms with E-state index in [4.69, 9.17) is 9.47 Å². The molecular formula is C29H36ClNO4. The summed E-state index contributed by atoms with van der Waals surface area (Å²) in [4.78, 5) is 27.1. The zero-order valence-corrected chi connectivity index (χ0v) is 21.5. The van der Waals surface area contributed by atoms with Crippen molar-refractivity contribution in [2.75, 3.05) is 13.1 Å². The van der Waals surface area contributed by atoms with E-state index in [0.717, 1.165) is 12.8 Å². The smallest absolute Gasteiger partial charge is 0.360 e. The van der Waals surface area contributed by atoms with E-state index in [2.05, 4.69) is 0 Å². The summed E-state index contributed by atoms with van der Waals surface area (Å²) < 4.78 is 13.7. The summed E-state index contributed by atoms with van der Waals surface area (Å²) in [6.07, 6.45) is 6.74. The van der Waals surface area contributed by atoms with Gasteiger partial charge in [0.15, 0.2) is 0 Å². The van der Waals surface area contributed by atoms with E-state index >= 15 is 0 Å². The summed E-state index contributed by atoms with van der Waals surface area (Å²) in [5.41, 5.74) is -0.399. The van der Waals surface area contributed by atoms with Gasteiger partial charge < -0.3 is 26.4 Å². The number of quaternary nitrogens is 1. The summed E-state index contributed by atoms with van der Waals surface area (Å²) in [5.74, 6) is -1.28. The highest BCUT2D eigenvalue weighted by atomic mass is 35.5. The van der Waals surface area contributed by atoms with Gasteiger partial charge in [-0.25, -0.2) is 4.79 Å². The number of hydrogen-bond acceptors (Lipinski definition) is 4. The van der Waals surface area contributed by atoms with E-state index in [0.29, 0.717) is 23.2 Å². The molecule has 2 aromatic rings. The lowest BCUT2D eigenvalue weighted by Gasteiger charge is -2.47. The van der Waals surface area contributed by atoms with Gasteiger partial charge in [-0.05, 0) is 0 Å². The topological polar surface area (TPSA) is 52.6 Å². The molecule has 5 nitrogen and oxygen atoms in total. The first-order valence-electron chi connectivity index (χ1n) is 12.9. The number of esters is 2. The van der Waals surface area contributed by atoms with Crippen molar-refractivity contribution in [3.8, 4) is 0 Å². The highest BCUT2D eigenvalue weighted by Crippen LogP contribution is 2.47. The molecule has 188 valence electrons. The van der Waals surface area contributed by atoms with Crippen LogP contribution >= 0.6 is 0 Å². The van der Waals surface area contributed by atoms with Crippen LogP contribution in [0.25, 0.3) is 0 Å². The minimum absolute atomic E-state index is 0. The summed E-state index contributed by atoms with van der Waals surface area (Å²) >= 11 is 0. The summed E-state index contributed by atoms with van der Waals surface area (Å²) in [6, 6.07) is 19.8. The van der Waals surface area contributed by atoms with E-state index in [1.54, 1.807) is 13.8 Å². The van der Waals surface area contributed by atoms with E-state index in [1.165, 1.54) is 43.3 Å². The lowest BCUT2D eigenvalue weighted by atomic mass is 9.85. The third kappa shape index (κ3) is 4.49. The lowest BCUT2D eigenvalue weighted by molar-refractivity contribution is -0.956. The maximum atomic E-state index is 14.1. The van der Waals surface area contributed by atoms with Crippen molar-refractivity contribution in [2.45, 2.75) is 76.2 Å². The largest absolute Gasteiger partial charge is 1.00 e. The fourth-order valence-electron chi connectivity index (χ4n) is 6.72. The molecular weight excluding hydrogens is 462 g/mol. The summed E-state index contributed by atoms with van der Waals surface area (Å²) in [6.45, 7) is 6.12. The van der Waals surface area contributed by atoms with E-state index in [9.17, 15) is 9.59 Å². The molecule has 0 saturated carbocycles. The minimum Gasteiger partial charge on any atom is -1.00 e. The van der Waals surface area contributed by atoms with Gasteiger partial charge in [-0.3, -0.25) is 4.79 Å². The van der Waals surface area contributed by atoms with Crippen molar-refractivity contribution in [3.63, 3.8) is 0 Å². The number of nitrogens with zero attached hydrogens (tertiary/aromatic N) is 1. The maximum Gasteiger partial charge on any atom is 0.360 e. The second-order valence-electron chi connectivity index (χ2n) is 10.6. The first-order valence-corrected chi connectivity index (χ1v) is 12.9. The van der Waals surface area contributed by atoms with Crippen LogP contribution in [0.1, 0.15) is 63.5 Å². The second kappa shape index (κ2) is 10.3. The minimum atomic E-state index is -1.62. The van der Waals surface area contributed by atoms with Gasteiger partial charge in [-0.2, -0.15) is 0 Å². The van der Waals surface area contributed by atoms with Gasteiger partial charge in [0.05, 0.1) is 31.1 Å². The first-order chi connectivity index (χ1) is 16.5. The number of halogens is 1. The van der Waals surface area contributed by atoms with Gasteiger partial charge in [0, 0.05) is 49.7 Å². The number of piperidine rings is 1. The standard InChI is InChI=1S/C29H36NO4.ClH/c1-21(2)27(31)34-29(22-11-5-3-6-12-22,23-13-7-4-8-14-23)28(32)33-26-19-24-15-16-25(20-26)30(24)17-9-10-18-30;/h3-8,11-14,21,24-26H,9-10,15-20H2,1-2H3;1H/q+1;/p-1. The van der Waals surface area contributed by atoms with Gasteiger partial charge >= 0.3 is 11.9 Å². The highest BCUT2D eigenvalue weighted by molar-refractivity contribution is 5.89. The number of hydrogen-bond donors (Lipinski definition) is 0. The highest BCUT2D eigenvalue weighted by Gasteiger charge is 2.57. The van der Waals surface area contributed by atoms with Crippen molar-refractivity contribution in [1.29, 1.82) is 0 Å². The quantitative estimate of drug-likeness (QED) is 0.452. The molecule has 35 heavy (non-hydrogen) atoms. The molecule has 3 saturated heterocycles. The average Bonchev–Trinajstić information content (AvgIpc) is 3.40. The predicted molar refractivity (Wildman–Crippen MR) is 130 cm³/mol. The average molecular weight is 498 g/mol. The molecule has 2 atom stereocenters. The number of ether oxygens (including phenoxy) is 2. The normalized spacial score (nSPS) is 24.7. The monoisotopic (exact) mass is 497 g/mol. The Morgan fingerprint density at radius 1 is 0.857 bits per heavy atom. The van der Waals surface area contributed by atoms with E-state index < -0.39 is 17.5 Å². The van der Waals surface area contributed by atoms with Crippen LogP contribution in [0.2, 0.25) is 0 Å². The zero-order valence-electron chi connectivity index (χ0n) is 20.7. The molecule has 3 fully saturated rings. The van der Waals surface area contributed by atoms with Gasteiger partial charge in [0.25, 0.3) is 5.60 Å². The molecule has 2 unspecified atom stereocenters. The fourth-order valence-corrected chi connectivity index (χ4v) is 6.72. The molecule has 0 aromatic heterocycles. The van der Waals surface area contributed by atoms with Crippen LogP contribution in [-0.4, -0.2) is 47.7 Å². The molecule has 1 spiro atoms. The predicted octanol–water partition coefficient (Wildman–Crippen LogP) is 1.98. The van der Waals surface area contributed by atoms with Gasteiger partial charge in [-0.15, -0.1) is 0 Å². The van der Waals surface area contributed by atoms with Crippen LogP contribution in [0.5, 0.6) is 0 Å². The molecule has 6 heteroatoms. The third-order valence-corrected chi connectivity index (χ3v) is 8.40. The SMILES string of the molecule is CC(C)C(=O)OC(C(=O)OC1CC2CCC(C1)[N+]21CCCC1)(c1ccccc1)c1ccccc1.[Cl-]. The molecule has 5 rings (SSSR count). The van der Waals surface area contributed by atoms with Crippen LogP contribution in [-0.2, 0) is 24.7 Å². The van der Waals surface area contributed by atoms with Crippen LogP contribution in [0.15, 0.2) is 60.7 Å². The van der Waals surface area contributed by atoms with Crippen LogP contribution < -0.4 is 12.4 Å². The van der Waals surface area contributed by atoms with Crippen LogP contribution in [0.4, 0.5) is 0 Å². The maximum absolute atomic E-state index is 14.1. The second-order valence-corrected chi connectivity index (χ2v) is 10.6. The Morgan fingerprint density at radius 3 is 1.80 bits per heavy atom. The van der Waals surface area contributed by atoms with Crippen molar-refractivity contribution in [3.05, 3.63) is 71.8 Å². The Bertz CT molecular complexity index is 964. The van der Waals surface area contributed by atoms with Gasteiger partial charge in [-0.1, -0.05) is 74.5 Å². The third-order valence-electron chi connectivity index (χ3n) is 8.40. The Morgan fingerprint density at radius 2 is 1.34 bits per heavy atom. The number of benzene rings is 2. The van der Waals surface area contributed by atoms with Crippen molar-refractivity contribution in [1.82, 2.24) is 0 Å². The molecule has 0 aliphatic carbocycles. The Labute approximate surface area is 214 Å². The first kappa shape index (κ1) is 25.7. The molecule has 0 radical (unpaired) electrons. The summed E-state index contributed by atoms with van der Waals surface area (Å²) in [5, 5.41) is 0. The van der Waals surface area contributed by atoms with E-state index in [1.807, 2.05) is 60.7 Å². The molecule has 2 bridgehead atoms. The Kier molecular flexibility index (Phi) is 7.58. The lowest BCUT2D eigenvalue weighted by Crippen LogP contribution is -3.00. The zero-order chi connectivity index (χ0) is 23.8. The van der Waals surface area contributed by atoms with Crippen LogP contribution in [0.3, 0.4) is 0 Å². The van der Waals surface area contributed by atoms with Gasteiger partial charge in [0.2, 0.25) is 0 Å². The Hall–Kier alpha value is -2.37. The summed E-state index contributed by atoms with van der Waals surface area (Å²) in [7, 11) is 0. The number of rotatable bonds is 6. The molecule has 3 aliphatic heterocycles. The van der Waals surface area contributed by atoms with Crippen LogP contribution in [0, 0.1) is 5.92 Å². The molecule has 0 N–H and O–H groups in total. The molecule has 3 aliphatic rings. The van der Waals surface area contributed by atoms with E-state index in [-0.39, 0.29) is 24.4 Å². The fraction of sp³-hybridized carbons (Fsp3) is 0.517. The van der Waals surface area contributed by atoms with Crippen molar-refractivity contribution < 1.29 is 36.0 Å². The van der Waals surface area contributed by atoms with Crippen molar-refractivity contribution >= 4 is 11.9 Å². The Balaban J connectivity index is 0.00000289. The van der Waals surface area contributed by atoms with Crippen molar-refractivity contribution in [2.24, 2.45) is 5.92 Å². The molecule has 2 aromatic carbocycles. The molecule has 0 amide bonds. The number of carbonyl (C=O) groups is 2. The number of carbonyl (C=O) groups excluding carboxylic acids is 2. The molecule has 3 heterocycles.